The molecule has 2 aromatic rings. The zero-order chi connectivity index (χ0) is 27.1. The second-order valence-electron chi connectivity index (χ2n) is 11.6. The molecule has 4 rings (SSSR count). The normalized spacial score (nSPS) is 21.1. The van der Waals surface area contributed by atoms with Gasteiger partial charge in [0.1, 0.15) is 18.1 Å². The van der Waals surface area contributed by atoms with Crippen LogP contribution in [-0.4, -0.2) is 40.2 Å². The number of halogens is 2. The first-order valence-corrected chi connectivity index (χ1v) is 12.8. The molecule has 0 radical (unpaired) electrons. The zero-order valence-corrected chi connectivity index (χ0v) is 22.0. The van der Waals surface area contributed by atoms with Gasteiger partial charge in [-0.2, -0.15) is 0 Å². The molecule has 1 saturated heterocycles. The number of hydrogen-bond acceptors (Lipinski definition) is 3. The SMILES string of the molecule is CC(C)C[C@@H]1C(=O)N[C@H](C2Cc3ccccc3C2)C(=O)N1[C@@H](C(=O)NC(C)(C)C)c1ccc(F)c(F)c1. The van der Waals surface area contributed by atoms with E-state index in [2.05, 4.69) is 10.6 Å². The highest BCUT2D eigenvalue weighted by atomic mass is 19.2. The van der Waals surface area contributed by atoms with Gasteiger partial charge in [0.25, 0.3) is 0 Å². The highest BCUT2D eigenvalue weighted by Gasteiger charge is 2.49. The van der Waals surface area contributed by atoms with E-state index in [9.17, 15) is 23.2 Å². The van der Waals surface area contributed by atoms with Crippen LogP contribution in [0.15, 0.2) is 42.5 Å². The van der Waals surface area contributed by atoms with Crippen LogP contribution >= 0.6 is 0 Å². The first-order chi connectivity index (χ1) is 17.4. The number of fused-ring (bicyclic) bond motifs is 1. The molecule has 2 N–H and O–H groups in total. The van der Waals surface area contributed by atoms with Crippen molar-refractivity contribution in [1.29, 1.82) is 0 Å². The molecule has 0 unspecified atom stereocenters. The summed E-state index contributed by atoms with van der Waals surface area (Å²) in [5.74, 6) is -3.59. The van der Waals surface area contributed by atoms with Crippen LogP contribution in [-0.2, 0) is 27.2 Å². The minimum absolute atomic E-state index is 0.0367. The van der Waals surface area contributed by atoms with Gasteiger partial charge in [0.15, 0.2) is 11.6 Å². The van der Waals surface area contributed by atoms with Crippen LogP contribution in [0.25, 0.3) is 0 Å². The Morgan fingerprint density at radius 1 is 1.05 bits per heavy atom. The first kappa shape index (κ1) is 26.8. The second kappa shape index (κ2) is 10.2. The van der Waals surface area contributed by atoms with Gasteiger partial charge >= 0.3 is 0 Å². The van der Waals surface area contributed by atoms with Crippen molar-refractivity contribution in [2.45, 2.75) is 77.5 Å². The Morgan fingerprint density at radius 2 is 1.68 bits per heavy atom. The monoisotopic (exact) mass is 511 g/mol. The third kappa shape index (κ3) is 5.68. The number of amides is 3. The van der Waals surface area contributed by atoms with Crippen molar-refractivity contribution in [2.24, 2.45) is 11.8 Å². The van der Waals surface area contributed by atoms with Gasteiger partial charge in [0, 0.05) is 5.54 Å². The average molecular weight is 512 g/mol. The Balaban J connectivity index is 1.78. The van der Waals surface area contributed by atoms with E-state index in [0.29, 0.717) is 19.3 Å². The summed E-state index contributed by atoms with van der Waals surface area (Å²) in [5, 5.41) is 5.82. The minimum Gasteiger partial charge on any atom is -0.349 e. The van der Waals surface area contributed by atoms with Gasteiger partial charge in [-0.1, -0.05) is 44.2 Å². The summed E-state index contributed by atoms with van der Waals surface area (Å²) in [6.45, 7) is 9.24. The minimum atomic E-state index is -1.30. The molecular formula is C29H35F2N3O3. The third-order valence-corrected chi connectivity index (χ3v) is 6.99. The molecule has 6 nitrogen and oxygen atoms in total. The van der Waals surface area contributed by atoms with Crippen LogP contribution < -0.4 is 10.6 Å². The maximum atomic E-state index is 14.4. The van der Waals surface area contributed by atoms with Gasteiger partial charge in [-0.25, -0.2) is 8.78 Å². The summed E-state index contributed by atoms with van der Waals surface area (Å²) in [6.07, 6.45) is 1.57. The van der Waals surface area contributed by atoms with Crippen molar-refractivity contribution >= 4 is 17.7 Å². The Hall–Kier alpha value is -3.29. The van der Waals surface area contributed by atoms with E-state index in [1.807, 2.05) is 38.1 Å². The molecule has 3 atom stereocenters. The molecule has 1 aliphatic carbocycles. The van der Waals surface area contributed by atoms with Gasteiger partial charge in [-0.05, 0) is 80.7 Å². The Morgan fingerprint density at radius 3 is 2.22 bits per heavy atom. The molecule has 0 aromatic heterocycles. The molecule has 1 heterocycles. The summed E-state index contributed by atoms with van der Waals surface area (Å²) in [6, 6.07) is 8.05. The van der Waals surface area contributed by atoms with Gasteiger partial charge in [0.05, 0.1) is 0 Å². The van der Waals surface area contributed by atoms with E-state index in [0.717, 1.165) is 23.3 Å². The van der Waals surface area contributed by atoms with Crippen molar-refractivity contribution in [3.8, 4) is 0 Å². The Labute approximate surface area is 216 Å². The first-order valence-electron chi connectivity index (χ1n) is 12.8. The molecule has 0 saturated carbocycles. The van der Waals surface area contributed by atoms with E-state index in [4.69, 9.17) is 0 Å². The van der Waals surface area contributed by atoms with Gasteiger partial charge in [0.2, 0.25) is 17.7 Å². The standard InChI is InChI=1S/C29H35F2N3O3/c1-16(2)12-23-26(35)32-24(20-13-17-8-6-7-9-18(17)14-20)28(37)34(23)25(27(36)33-29(3,4)5)19-10-11-21(30)22(31)15-19/h6-11,15-16,20,23-25H,12-14H2,1-5H3,(H,32,35)(H,33,36)/t23-,24-,25-/m1/s1. The largest absolute Gasteiger partial charge is 0.349 e. The van der Waals surface area contributed by atoms with Gasteiger partial charge in [-0.3, -0.25) is 14.4 Å². The lowest BCUT2D eigenvalue weighted by atomic mass is 9.87. The van der Waals surface area contributed by atoms with Crippen LogP contribution in [0.5, 0.6) is 0 Å². The summed E-state index contributed by atoms with van der Waals surface area (Å²) >= 11 is 0. The van der Waals surface area contributed by atoms with E-state index in [-0.39, 0.29) is 29.2 Å². The number of nitrogens with one attached hydrogen (secondary N) is 2. The fourth-order valence-corrected chi connectivity index (χ4v) is 5.43. The lowest BCUT2D eigenvalue weighted by Gasteiger charge is -2.45. The highest BCUT2D eigenvalue weighted by molar-refractivity contribution is 6.00. The van der Waals surface area contributed by atoms with Crippen molar-refractivity contribution in [3.05, 3.63) is 70.8 Å². The molecule has 1 aliphatic heterocycles. The molecule has 2 aliphatic rings. The van der Waals surface area contributed by atoms with Crippen LogP contribution in [0.2, 0.25) is 0 Å². The smallest absolute Gasteiger partial charge is 0.247 e. The van der Waals surface area contributed by atoms with E-state index in [1.54, 1.807) is 20.8 Å². The predicted octanol–water partition coefficient (Wildman–Crippen LogP) is 4.08. The summed E-state index contributed by atoms with van der Waals surface area (Å²) in [7, 11) is 0. The van der Waals surface area contributed by atoms with Crippen LogP contribution in [0, 0.1) is 23.5 Å². The quantitative estimate of drug-likeness (QED) is 0.614. The number of carbonyl (C=O) groups excluding carboxylic acids is 3. The summed E-state index contributed by atoms with van der Waals surface area (Å²) in [4.78, 5) is 42.7. The fraction of sp³-hybridized carbons (Fsp3) is 0.483. The van der Waals surface area contributed by atoms with Crippen LogP contribution in [0.3, 0.4) is 0 Å². The van der Waals surface area contributed by atoms with E-state index >= 15 is 0 Å². The third-order valence-electron chi connectivity index (χ3n) is 6.99. The molecule has 37 heavy (non-hydrogen) atoms. The van der Waals surface area contributed by atoms with Crippen molar-refractivity contribution < 1.29 is 23.2 Å². The molecule has 3 amide bonds. The van der Waals surface area contributed by atoms with Crippen molar-refractivity contribution in [1.82, 2.24) is 15.5 Å². The average Bonchev–Trinajstić information content (AvgIpc) is 3.23. The highest BCUT2D eigenvalue weighted by Crippen LogP contribution is 2.35. The molecule has 1 fully saturated rings. The molecule has 198 valence electrons. The molecular weight excluding hydrogens is 476 g/mol. The lowest BCUT2D eigenvalue weighted by Crippen LogP contribution is -2.67. The van der Waals surface area contributed by atoms with Crippen molar-refractivity contribution in [3.63, 3.8) is 0 Å². The molecule has 0 bridgehead atoms. The number of hydrogen-bond donors (Lipinski definition) is 2. The number of nitrogens with zero attached hydrogens (tertiary/aromatic N) is 1. The second-order valence-corrected chi connectivity index (χ2v) is 11.6. The number of benzene rings is 2. The number of carbonyl (C=O) groups is 3. The zero-order valence-electron chi connectivity index (χ0n) is 22.0. The van der Waals surface area contributed by atoms with E-state index in [1.165, 1.54) is 11.0 Å². The number of piperazine rings is 1. The topological polar surface area (TPSA) is 78.5 Å². The van der Waals surface area contributed by atoms with Crippen molar-refractivity contribution in [2.75, 3.05) is 0 Å². The Kier molecular flexibility index (Phi) is 7.40. The van der Waals surface area contributed by atoms with Gasteiger partial charge in [-0.15, -0.1) is 0 Å². The van der Waals surface area contributed by atoms with Crippen LogP contribution in [0.1, 0.15) is 63.8 Å². The molecule has 8 heteroatoms. The summed E-state index contributed by atoms with van der Waals surface area (Å²) in [5.41, 5.74) is 1.72. The van der Waals surface area contributed by atoms with Crippen LogP contribution in [0.4, 0.5) is 8.78 Å². The molecule has 0 spiro atoms. The predicted molar refractivity (Wildman–Crippen MR) is 136 cm³/mol. The molecule has 2 aromatic carbocycles. The fourth-order valence-electron chi connectivity index (χ4n) is 5.43. The summed E-state index contributed by atoms with van der Waals surface area (Å²) < 4.78 is 28.2. The maximum Gasteiger partial charge on any atom is 0.247 e. The lowest BCUT2D eigenvalue weighted by molar-refractivity contribution is -0.158. The number of rotatable bonds is 6. The Bertz CT molecular complexity index is 1180. The maximum absolute atomic E-state index is 14.4. The van der Waals surface area contributed by atoms with E-state index < -0.39 is 41.2 Å². The van der Waals surface area contributed by atoms with Gasteiger partial charge < -0.3 is 15.5 Å².